The first-order chi connectivity index (χ1) is 53.6. The van der Waals surface area contributed by atoms with Crippen molar-refractivity contribution >= 4 is 74.8 Å². The average Bonchev–Trinajstić information content (AvgIpc) is 1.58. The molecule has 8 aromatic carbocycles. The monoisotopic (exact) mass is 1610 g/mol. The second-order valence-electron chi connectivity index (χ2n) is 28.5. The molecule has 26 heteroatoms. The number of ether oxygens (including phenoxy) is 4. The summed E-state index contributed by atoms with van der Waals surface area (Å²) in [6, 6.07) is 52.5. The molecular formula is C86H112N8O14S4. The van der Waals surface area contributed by atoms with Crippen LogP contribution in [0.1, 0.15) is 182 Å². The lowest BCUT2D eigenvalue weighted by molar-refractivity contribution is -0.144. The van der Waals surface area contributed by atoms with Gasteiger partial charge in [-0.1, -0.05) is 147 Å². The highest BCUT2D eigenvalue weighted by Crippen LogP contribution is 2.45. The molecule has 8 aromatic rings. The Morgan fingerprint density at radius 1 is 0.321 bits per heavy atom. The van der Waals surface area contributed by atoms with E-state index in [0.717, 1.165) is 157 Å². The van der Waals surface area contributed by atoms with Gasteiger partial charge in [0.1, 0.15) is 0 Å². The lowest BCUT2D eigenvalue weighted by atomic mass is 9.96. The van der Waals surface area contributed by atoms with Gasteiger partial charge in [0.2, 0.25) is 0 Å². The van der Waals surface area contributed by atoms with E-state index in [4.69, 9.17) is 18.9 Å². The number of sulfonamides is 4. The highest BCUT2D eigenvalue weighted by molar-refractivity contribution is 7.93. The normalized spacial score (nSPS) is 17.5. The lowest BCUT2D eigenvalue weighted by Gasteiger charge is -2.22. The molecule has 0 spiro atoms. The molecule has 12 rings (SSSR count). The number of carbonyl (C=O) groups is 2. The summed E-state index contributed by atoms with van der Waals surface area (Å²) in [4.78, 5) is 24.3. The first kappa shape index (κ1) is 87.4. The van der Waals surface area contributed by atoms with E-state index in [1.165, 1.54) is 17.2 Å². The van der Waals surface area contributed by atoms with E-state index in [1.807, 2.05) is 187 Å². The van der Waals surface area contributed by atoms with Crippen LogP contribution in [0.4, 0.5) is 22.7 Å². The number of esters is 2. The van der Waals surface area contributed by atoms with Crippen molar-refractivity contribution in [2.45, 2.75) is 162 Å². The number of unbranched alkanes of at least 4 members (excludes halogenated alkanes) is 6. The first-order valence-electron chi connectivity index (χ1n) is 38.6. The summed E-state index contributed by atoms with van der Waals surface area (Å²) in [6.45, 7) is 16.5. The van der Waals surface area contributed by atoms with Crippen LogP contribution in [0.25, 0.3) is 0 Å². The molecule has 0 aliphatic carbocycles. The van der Waals surface area contributed by atoms with Gasteiger partial charge in [0.25, 0.3) is 40.1 Å². The van der Waals surface area contributed by atoms with Crippen molar-refractivity contribution in [2.24, 2.45) is 0 Å². The van der Waals surface area contributed by atoms with Gasteiger partial charge in [-0.3, -0.25) is 26.8 Å². The molecule has 0 aromatic heterocycles. The van der Waals surface area contributed by atoms with Gasteiger partial charge in [-0.05, 0) is 222 Å². The van der Waals surface area contributed by atoms with E-state index in [-0.39, 0.29) is 36.1 Å². The maximum absolute atomic E-state index is 13.3. The summed E-state index contributed by atoms with van der Waals surface area (Å²) in [7, 11) is -4.62. The molecule has 0 saturated carbocycles. The van der Waals surface area contributed by atoms with Crippen molar-refractivity contribution < 1.29 is 62.2 Å². The standard InChI is InChI=1S/2C24H32N2O4S.2C19H24N2O3S/c2*1-4-30-23(27)13-7-5-6-10-16-25-24-19-11-8-9-12-21(19)26(3)31(28,29)22-17-18(2)14-15-20(22)24;2*1-14-9-10-16-18(13-14)25(22,23)21(2)17-8-5-4-7-15(17)19(16)20-11-6-12-24-3/h2*8-9,11-12,14-15,17,24-25H,4-7,10,13,16H2,1-3H3;2*4-5,7-10,13,19-20H,6,11-12H2,1-3H3. The molecule has 4 heterocycles. The van der Waals surface area contributed by atoms with Crippen molar-refractivity contribution in [1.29, 1.82) is 0 Å². The highest BCUT2D eigenvalue weighted by Gasteiger charge is 2.39. The second-order valence-corrected chi connectivity index (χ2v) is 36.2. The molecule has 4 N–H and O–H groups in total. The van der Waals surface area contributed by atoms with Crippen LogP contribution in [0.15, 0.2) is 189 Å². The number of para-hydroxylation sites is 4. The van der Waals surface area contributed by atoms with Gasteiger partial charge in [-0.15, -0.1) is 0 Å². The van der Waals surface area contributed by atoms with Crippen molar-refractivity contribution in [3.63, 3.8) is 0 Å². The van der Waals surface area contributed by atoms with Gasteiger partial charge in [-0.25, -0.2) is 33.7 Å². The predicted molar refractivity (Wildman–Crippen MR) is 445 cm³/mol. The molecule has 112 heavy (non-hydrogen) atoms. The van der Waals surface area contributed by atoms with Gasteiger partial charge >= 0.3 is 11.9 Å². The summed E-state index contributed by atoms with van der Waals surface area (Å²) in [5.74, 6) is -0.263. The maximum Gasteiger partial charge on any atom is 0.305 e. The third-order valence-corrected chi connectivity index (χ3v) is 27.8. The van der Waals surface area contributed by atoms with E-state index < -0.39 is 40.1 Å². The molecule has 0 fully saturated rings. The average molecular weight is 1610 g/mol. The number of rotatable bonds is 28. The van der Waals surface area contributed by atoms with Crippen LogP contribution in [0.5, 0.6) is 0 Å². The Hall–Kier alpha value is -8.54. The van der Waals surface area contributed by atoms with Crippen LogP contribution < -0.4 is 38.5 Å². The highest BCUT2D eigenvalue weighted by atomic mass is 32.2. The Balaban J connectivity index is 0.000000172. The first-order valence-corrected chi connectivity index (χ1v) is 44.4. The number of carbonyl (C=O) groups excluding carboxylic acids is 2. The summed E-state index contributed by atoms with van der Waals surface area (Å²) in [5.41, 5.74) is 13.5. The van der Waals surface area contributed by atoms with Gasteiger partial charge < -0.3 is 40.2 Å². The molecule has 4 aliphatic heterocycles. The molecule has 0 saturated heterocycles. The number of fused-ring (bicyclic) bond motifs is 8. The van der Waals surface area contributed by atoms with Crippen molar-refractivity contribution in [3.8, 4) is 0 Å². The quantitative estimate of drug-likeness (QED) is 0.0262. The fourth-order valence-electron chi connectivity index (χ4n) is 14.5. The third-order valence-electron chi connectivity index (χ3n) is 20.5. The Morgan fingerprint density at radius 3 is 0.795 bits per heavy atom. The Bertz CT molecular complexity index is 4700. The van der Waals surface area contributed by atoms with Crippen LogP contribution in [-0.2, 0) is 68.6 Å². The summed E-state index contributed by atoms with van der Waals surface area (Å²) < 4.78 is 131. The van der Waals surface area contributed by atoms with Gasteiger partial charge in [0, 0.05) is 68.5 Å². The molecule has 0 amide bonds. The molecule has 22 nitrogen and oxygen atoms in total. The number of aryl methyl sites for hydroxylation is 4. The minimum atomic E-state index is -3.63. The number of benzene rings is 8. The van der Waals surface area contributed by atoms with E-state index in [2.05, 4.69) is 21.3 Å². The number of nitrogens with one attached hydrogen (secondary N) is 4. The number of hydrogen-bond donors (Lipinski definition) is 4. The summed E-state index contributed by atoms with van der Waals surface area (Å²) in [5, 5.41) is 14.2. The van der Waals surface area contributed by atoms with E-state index in [1.54, 1.807) is 66.7 Å². The zero-order valence-corrected chi connectivity index (χ0v) is 70.0. The lowest BCUT2D eigenvalue weighted by Crippen LogP contribution is -2.26. The Morgan fingerprint density at radius 2 is 0.554 bits per heavy atom. The van der Waals surface area contributed by atoms with Gasteiger partial charge in [0.05, 0.1) is 79.7 Å². The van der Waals surface area contributed by atoms with E-state index in [0.29, 0.717) is 81.6 Å². The zero-order valence-electron chi connectivity index (χ0n) is 66.8. The molecular weight excluding hydrogens is 1500 g/mol. The van der Waals surface area contributed by atoms with E-state index in [9.17, 15) is 43.3 Å². The smallest absolute Gasteiger partial charge is 0.305 e. The Kier molecular flexibility index (Phi) is 31.6. The topological polar surface area (TPSA) is 269 Å². The Labute approximate surface area is 665 Å². The molecule has 0 radical (unpaired) electrons. The number of methoxy groups -OCH3 is 2. The molecule has 4 aliphatic rings. The van der Waals surface area contributed by atoms with Crippen molar-refractivity contribution in [2.75, 3.05) is 112 Å². The van der Waals surface area contributed by atoms with Gasteiger partial charge in [0.15, 0.2) is 0 Å². The number of hydrogen-bond acceptors (Lipinski definition) is 18. The minimum Gasteiger partial charge on any atom is -0.466 e. The fraction of sp³-hybridized carbons (Fsp3) is 0.419. The summed E-state index contributed by atoms with van der Waals surface area (Å²) in [6.07, 6.45) is 10.1. The van der Waals surface area contributed by atoms with Crippen LogP contribution in [-0.4, -0.2) is 141 Å². The fourth-order valence-corrected chi connectivity index (χ4v) is 20.7. The van der Waals surface area contributed by atoms with Crippen LogP contribution in [0.3, 0.4) is 0 Å². The van der Waals surface area contributed by atoms with Crippen LogP contribution in [0, 0.1) is 27.7 Å². The van der Waals surface area contributed by atoms with Gasteiger partial charge in [-0.2, -0.15) is 0 Å². The molecule has 604 valence electrons. The zero-order chi connectivity index (χ0) is 80.9. The largest absolute Gasteiger partial charge is 0.466 e. The second kappa shape index (κ2) is 40.5. The third kappa shape index (κ3) is 20.9. The molecule has 4 unspecified atom stereocenters. The van der Waals surface area contributed by atoms with Crippen LogP contribution >= 0.6 is 0 Å². The minimum absolute atomic E-state index is 0.132. The number of anilines is 4. The van der Waals surface area contributed by atoms with Crippen molar-refractivity contribution in [1.82, 2.24) is 21.3 Å². The number of nitrogens with zero attached hydrogens (tertiary/aromatic N) is 4. The molecule has 4 atom stereocenters. The molecule has 0 bridgehead atoms. The van der Waals surface area contributed by atoms with Crippen molar-refractivity contribution in [3.05, 3.63) is 237 Å². The SMILES string of the molecule is CCOC(=O)CCCCCCNC1c2ccccc2N(C)S(=O)(=O)c2cc(C)ccc21.CCOC(=O)CCCCCCNC1c2ccccc2N(C)S(=O)(=O)c2cc(C)ccc21.COCCCNC1c2ccccc2N(C)S(=O)(=O)c2cc(C)ccc21.COCCCNC1c2ccccc2N(C)S(=O)(=O)c2cc(C)ccc21. The summed E-state index contributed by atoms with van der Waals surface area (Å²) >= 11 is 0. The predicted octanol–water partition coefficient (Wildman–Crippen LogP) is 14.4. The maximum atomic E-state index is 13.3. The van der Waals surface area contributed by atoms with E-state index >= 15 is 0 Å². The van der Waals surface area contributed by atoms with Crippen LogP contribution in [0.2, 0.25) is 0 Å².